The minimum atomic E-state index is -1.21. The predicted molar refractivity (Wildman–Crippen MR) is 115 cm³/mol. The maximum atomic E-state index is 13.0. The van der Waals surface area contributed by atoms with Crippen LogP contribution in [0.5, 0.6) is 0 Å². The van der Waals surface area contributed by atoms with E-state index in [1.807, 2.05) is 27.7 Å². The number of carboxylic acids is 1. The maximum absolute atomic E-state index is 13.0. The molecule has 1 aromatic carbocycles. The zero-order valence-corrected chi connectivity index (χ0v) is 18.9. The number of carbonyl (C=O) groups is 2. The lowest BCUT2D eigenvalue weighted by atomic mass is 10.1. The number of rotatable bonds is 7. The van der Waals surface area contributed by atoms with E-state index in [2.05, 4.69) is 5.32 Å². The lowest BCUT2D eigenvalue weighted by Crippen LogP contribution is -2.41. The number of ether oxygens (including phenoxy) is 1. The average molecular weight is 462 g/mol. The van der Waals surface area contributed by atoms with Gasteiger partial charge >= 0.3 is 11.9 Å². The van der Waals surface area contributed by atoms with Gasteiger partial charge in [0.15, 0.2) is 11.4 Å². The third-order valence-corrected chi connectivity index (χ3v) is 5.40. The molecule has 1 heterocycles. The molecule has 0 atom stereocenters. The van der Waals surface area contributed by atoms with Crippen molar-refractivity contribution >= 4 is 52.4 Å². The fourth-order valence-corrected chi connectivity index (χ4v) is 3.46. The Kier molecular flexibility index (Phi) is 7.86. The molecule has 1 aliphatic rings. The van der Waals surface area contributed by atoms with Crippen LogP contribution in [0.1, 0.15) is 40.5 Å². The van der Waals surface area contributed by atoms with Gasteiger partial charge in [0.2, 0.25) is 0 Å². The molecule has 1 aromatic rings. The number of carbonyl (C=O) groups excluding carboxylic acids is 1. The number of halogens is 3. The van der Waals surface area contributed by atoms with E-state index in [0.717, 1.165) is 0 Å². The summed E-state index contributed by atoms with van der Waals surface area (Å²) in [7, 11) is 0. The first-order valence-corrected chi connectivity index (χ1v) is 10.3. The molecule has 2 rings (SSSR count). The molecule has 0 aliphatic carbocycles. The standard InChI is InChI=1S/C20H23Cl3N2O4/c1-5-14-17(19(26)27)25(11-7-12(21)16(23)13(22)8-11)18(15(6-2)24-14)20(28)29-9-10(3)4/h7-8,10,24H,5-6,9H2,1-4H3,(H,26,27). The highest BCUT2D eigenvalue weighted by atomic mass is 35.5. The molecule has 0 saturated heterocycles. The van der Waals surface area contributed by atoms with Crippen LogP contribution in [0.25, 0.3) is 0 Å². The minimum absolute atomic E-state index is 0.0807. The lowest BCUT2D eigenvalue weighted by molar-refractivity contribution is -0.140. The number of anilines is 1. The minimum Gasteiger partial charge on any atom is -0.477 e. The summed E-state index contributed by atoms with van der Waals surface area (Å²) in [4.78, 5) is 26.5. The molecule has 2 N–H and O–H groups in total. The normalized spacial score (nSPS) is 14.4. The number of nitrogens with one attached hydrogen (secondary N) is 1. The van der Waals surface area contributed by atoms with Crippen molar-refractivity contribution in [1.29, 1.82) is 0 Å². The first-order valence-electron chi connectivity index (χ1n) is 9.20. The number of aliphatic carboxylic acids is 1. The summed E-state index contributed by atoms with van der Waals surface area (Å²) >= 11 is 18.4. The lowest BCUT2D eigenvalue weighted by Gasteiger charge is -2.35. The molecule has 0 bridgehead atoms. The fraction of sp³-hybridized carbons (Fsp3) is 0.400. The number of hydrogen-bond acceptors (Lipinski definition) is 5. The van der Waals surface area contributed by atoms with Crippen molar-refractivity contribution in [1.82, 2.24) is 5.32 Å². The van der Waals surface area contributed by atoms with Crippen molar-refractivity contribution in [2.24, 2.45) is 5.92 Å². The van der Waals surface area contributed by atoms with E-state index in [4.69, 9.17) is 39.5 Å². The van der Waals surface area contributed by atoms with E-state index in [-0.39, 0.29) is 39.0 Å². The van der Waals surface area contributed by atoms with E-state index in [0.29, 0.717) is 29.9 Å². The number of carboxylic acid groups (broad SMARTS) is 1. The van der Waals surface area contributed by atoms with Crippen LogP contribution < -0.4 is 10.2 Å². The van der Waals surface area contributed by atoms with Gasteiger partial charge in [0.25, 0.3) is 0 Å². The fourth-order valence-electron chi connectivity index (χ4n) is 2.87. The van der Waals surface area contributed by atoms with Gasteiger partial charge in [-0.05, 0) is 30.9 Å². The third kappa shape index (κ3) is 5.00. The second-order valence-electron chi connectivity index (χ2n) is 6.84. The highest BCUT2D eigenvalue weighted by Gasteiger charge is 2.36. The molecule has 1 aliphatic heterocycles. The number of benzene rings is 1. The SMILES string of the molecule is CCC1=C(C(=O)O)N(c2cc(Cl)c(Cl)c(Cl)c2)C(C(=O)OCC(C)C)=C(CC)N1. The van der Waals surface area contributed by atoms with Gasteiger partial charge in [0.05, 0.1) is 21.7 Å². The Bertz CT molecular complexity index is 871. The molecular formula is C20H23Cl3N2O4. The smallest absolute Gasteiger partial charge is 0.357 e. The first-order chi connectivity index (χ1) is 13.6. The molecule has 0 aromatic heterocycles. The summed E-state index contributed by atoms with van der Waals surface area (Å²) in [5, 5.41) is 13.5. The van der Waals surface area contributed by atoms with Gasteiger partial charge in [0, 0.05) is 17.1 Å². The summed E-state index contributed by atoms with van der Waals surface area (Å²) in [5.41, 5.74) is 1.28. The maximum Gasteiger partial charge on any atom is 0.357 e. The van der Waals surface area contributed by atoms with Gasteiger partial charge in [-0.1, -0.05) is 62.5 Å². The van der Waals surface area contributed by atoms with Gasteiger partial charge in [-0.2, -0.15) is 0 Å². The summed E-state index contributed by atoms with van der Waals surface area (Å²) < 4.78 is 5.42. The highest BCUT2D eigenvalue weighted by Crippen LogP contribution is 2.39. The first kappa shape index (κ1) is 23.4. The number of allylic oxidation sites excluding steroid dienone is 2. The van der Waals surface area contributed by atoms with Crippen LogP contribution in [0.2, 0.25) is 15.1 Å². The van der Waals surface area contributed by atoms with Gasteiger partial charge in [-0.3, -0.25) is 4.90 Å². The quantitative estimate of drug-likeness (QED) is 0.407. The summed E-state index contributed by atoms with van der Waals surface area (Å²) in [6, 6.07) is 2.95. The molecule has 0 unspecified atom stereocenters. The molecule has 6 nitrogen and oxygen atoms in total. The van der Waals surface area contributed by atoms with Gasteiger partial charge < -0.3 is 15.2 Å². The van der Waals surface area contributed by atoms with Crippen LogP contribution in [0.4, 0.5) is 5.69 Å². The molecule has 9 heteroatoms. The van der Waals surface area contributed by atoms with Crippen LogP contribution in [0.3, 0.4) is 0 Å². The van der Waals surface area contributed by atoms with Gasteiger partial charge in [-0.25, -0.2) is 9.59 Å². The average Bonchev–Trinajstić information content (AvgIpc) is 2.67. The van der Waals surface area contributed by atoms with Crippen molar-refractivity contribution in [2.45, 2.75) is 40.5 Å². The van der Waals surface area contributed by atoms with E-state index < -0.39 is 11.9 Å². The molecular weight excluding hydrogens is 439 g/mol. The topological polar surface area (TPSA) is 78.9 Å². The van der Waals surface area contributed by atoms with E-state index >= 15 is 0 Å². The molecule has 0 amide bonds. The Morgan fingerprint density at radius 3 is 2.03 bits per heavy atom. The van der Waals surface area contributed by atoms with Crippen LogP contribution in [-0.2, 0) is 14.3 Å². The Morgan fingerprint density at radius 1 is 1.07 bits per heavy atom. The molecule has 158 valence electrons. The largest absolute Gasteiger partial charge is 0.477 e. The number of hydrogen-bond donors (Lipinski definition) is 2. The zero-order valence-electron chi connectivity index (χ0n) is 16.6. The molecule has 29 heavy (non-hydrogen) atoms. The molecule has 0 saturated carbocycles. The molecule has 0 fully saturated rings. The summed E-state index contributed by atoms with van der Waals surface area (Å²) in [6.07, 6.45) is 0.860. The van der Waals surface area contributed by atoms with E-state index in [1.54, 1.807) is 0 Å². The van der Waals surface area contributed by atoms with Crippen LogP contribution in [0.15, 0.2) is 34.9 Å². The van der Waals surface area contributed by atoms with E-state index in [9.17, 15) is 14.7 Å². The van der Waals surface area contributed by atoms with Crippen molar-refractivity contribution in [3.8, 4) is 0 Å². The summed E-state index contributed by atoms with van der Waals surface area (Å²) in [6.45, 7) is 7.70. The van der Waals surface area contributed by atoms with Crippen molar-refractivity contribution in [3.63, 3.8) is 0 Å². The molecule has 0 spiro atoms. The summed E-state index contributed by atoms with van der Waals surface area (Å²) in [5.74, 6) is -1.73. The Hall–Kier alpha value is -1.89. The van der Waals surface area contributed by atoms with Crippen LogP contribution >= 0.6 is 34.8 Å². The van der Waals surface area contributed by atoms with Crippen molar-refractivity contribution < 1.29 is 19.4 Å². The van der Waals surface area contributed by atoms with Gasteiger partial charge in [-0.15, -0.1) is 0 Å². The number of esters is 1. The van der Waals surface area contributed by atoms with E-state index in [1.165, 1.54) is 17.0 Å². The monoisotopic (exact) mass is 460 g/mol. The highest BCUT2D eigenvalue weighted by molar-refractivity contribution is 6.48. The predicted octanol–water partition coefficient (Wildman–Crippen LogP) is 5.58. The zero-order chi connectivity index (χ0) is 21.9. The Balaban J connectivity index is 2.74. The number of nitrogens with zero attached hydrogens (tertiary/aromatic N) is 1. The second-order valence-corrected chi connectivity index (χ2v) is 8.04. The van der Waals surface area contributed by atoms with Crippen LogP contribution in [-0.4, -0.2) is 23.7 Å². The van der Waals surface area contributed by atoms with Crippen molar-refractivity contribution in [2.75, 3.05) is 11.5 Å². The van der Waals surface area contributed by atoms with Crippen LogP contribution in [0, 0.1) is 5.92 Å². The Labute approximate surface area is 185 Å². The van der Waals surface area contributed by atoms with Crippen molar-refractivity contribution in [3.05, 3.63) is 50.0 Å². The second kappa shape index (κ2) is 9.74. The molecule has 0 radical (unpaired) electrons. The third-order valence-electron chi connectivity index (χ3n) is 4.20. The van der Waals surface area contributed by atoms with Gasteiger partial charge in [0.1, 0.15) is 0 Å². The Morgan fingerprint density at radius 2 is 1.59 bits per heavy atom.